The van der Waals surface area contributed by atoms with Crippen molar-refractivity contribution < 1.29 is 0 Å². The fourth-order valence-corrected chi connectivity index (χ4v) is 2.49. The molecule has 0 aliphatic heterocycles. The van der Waals surface area contributed by atoms with Crippen LogP contribution in [0.4, 0.5) is 0 Å². The first-order valence-corrected chi connectivity index (χ1v) is 6.47. The number of fused-ring (bicyclic) bond motifs is 2. The van der Waals surface area contributed by atoms with E-state index in [1.54, 1.807) is 10.7 Å². The van der Waals surface area contributed by atoms with Gasteiger partial charge in [-0.2, -0.15) is 5.10 Å². The maximum Gasteiger partial charge on any atom is 0.162 e. The molecule has 0 saturated heterocycles. The third-order valence-electron chi connectivity index (χ3n) is 3.50. The van der Waals surface area contributed by atoms with Crippen LogP contribution in [0.25, 0.3) is 27.7 Å². The van der Waals surface area contributed by atoms with Gasteiger partial charge in [-0.15, -0.1) is 0 Å². The predicted octanol–water partition coefficient (Wildman–Crippen LogP) is 3.25. The van der Waals surface area contributed by atoms with Crippen LogP contribution in [0.15, 0.2) is 55.1 Å². The highest BCUT2D eigenvalue weighted by Crippen LogP contribution is 2.26. The van der Waals surface area contributed by atoms with Gasteiger partial charge in [-0.25, -0.2) is 9.50 Å². The van der Waals surface area contributed by atoms with E-state index in [4.69, 9.17) is 0 Å². The number of para-hydroxylation sites is 1. The van der Waals surface area contributed by atoms with E-state index < -0.39 is 0 Å². The number of aromatic nitrogens is 4. The number of rotatable bonds is 1. The second kappa shape index (κ2) is 4.13. The minimum Gasteiger partial charge on any atom is -0.255 e. The molecule has 0 radical (unpaired) electrons. The average molecular weight is 260 g/mol. The van der Waals surface area contributed by atoms with E-state index in [9.17, 15) is 0 Å². The molecule has 1 aromatic carbocycles. The van der Waals surface area contributed by atoms with Crippen molar-refractivity contribution in [3.05, 3.63) is 60.7 Å². The second-order valence-corrected chi connectivity index (χ2v) is 4.82. The molecule has 0 spiro atoms. The smallest absolute Gasteiger partial charge is 0.162 e. The summed E-state index contributed by atoms with van der Waals surface area (Å²) in [6.45, 7) is 2.08. The summed E-state index contributed by atoms with van der Waals surface area (Å²) in [7, 11) is 0. The van der Waals surface area contributed by atoms with Crippen molar-refractivity contribution in [3.63, 3.8) is 0 Å². The van der Waals surface area contributed by atoms with Crippen LogP contribution in [0, 0.1) is 6.92 Å². The Bertz CT molecular complexity index is 924. The number of hydrogen-bond acceptors (Lipinski definition) is 3. The highest BCUT2D eigenvalue weighted by atomic mass is 15.2. The zero-order chi connectivity index (χ0) is 13.5. The van der Waals surface area contributed by atoms with E-state index in [1.807, 2.05) is 24.7 Å². The standard InChI is InChI=1S/C16H12N4/c1-11-4-2-5-12-8-13(9-18-15(11)12)14-10-19-20-7-3-6-17-16(14)20/h2-10H,1H3. The summed E-state index contributed by atoms with van der Waals surface area (Å²) in [5, 5.41) is 5.46. The SMILES string of the molecule is Cc1cccc2cc(-c3cnn4cccnc34)cnc12. The number of hydrogen-bond donors (Lipinski definition) is 0. The third kappa shape index (κ3) is 1.58. The molecule has 0 fully saturated rings. The molecular formula is C16H12N4. The molecule has 0 atom stereocenters. The molecule has 3 heterocycles. The number of pyridine rings is 1. The van der Waals surface area contributed by atoms with Gasteiger partial charge >= 0.3 is 0 Å². The third-order valence-corrected chi connectivity index (χ3v) is 3.50. The topological polar surface area (TPSA) is 43.1 Å². The monoisotopic (exact) mass is 260 g/mol. The summed E-state index contributed by atoms with van der Waals surface area (Å²) in [4.78, 5) is 8.97. The van der Waals surface area contributed by atoms with Crippen molar-refractivity contribution in [2.75, 3.05) is 0 Å². The maximum atomic E-state index is 4.58. The zero-order valence-corrected chi connectivity index (χ0v) is 11.0. The van der Waals surface area contributed by atoms with Gasteiger partial charge in [0, 0.05) is 35.1 Å². The first-order chi connectivity index (χ1) is 9.83. The molecule has 0 bridgehead atoms. The van der Waals surface area contributed by atoms with Crippen molar-refractivity contribution in [2.45, 2.75) is 6.92 Å². The molecule has 4 nitrogen and oxygen atoms in total. The van der Waals surface area contributed by atoms with Crippen molar-refractivity contribution in [3.8, 4) is 11.1 Å². The summed E-state index contributed by atoms with van der Waals surface area (Å²) >= 11 is 0. The Morgan fingerprint density at radius 2 is 2.00 bits per heavy atom. The Morgan fingerprint density at radius 3 is 2.95 bits per heavy atom. The minimum absolute atomic E-state index is 0.848. The Hall–Kier alpha value is -2.75. The van der Waals surface area contributed by atoms with Crippen LogP contribution < -0.4 is 0 Å². The lowest BCUT2D eigenvalue weighted by atomic mass is 10.1. The molecule has 0 N–H and O–H groups in total. The Morgan fingerprint density at radius 1 is 1.05 bits per heavy atom. The number of aryl methyl sites for hydroxylation is 1. The quantitative estimate of drug-likeness (QED) is 0.527. The molecule has 0 aliphatic rings. The molecule has 4 aromatic rings. The van der Waals surface area contributed by atoms with Gasteiger partial charge in [-0.05, 0) is 24.6 Å². The number of nitrogens with zero attached hydrogens (tertiary/aromatic N) is 4. The summed E-state index contributed by atoms with van der Waals surface area (Å²) in [6, 6.07) is 10.2. The van der Waals surface area contributed by atoms with E-state index in [-0.39, 0.29) is 0 Å². The van der Waals surface area contributed by atoms with Crippen molar-refractivity contribution in [1.82, 2.24) is 19.6 Å². The van der Waals surface area contributed by atoms with Gasteiger partial charge in [0.2, 0.25) is 0 Å². The van der Waals surface area contributed by atoms with Gasteiger partial charge in [0.15, 0.2) is 5.65 Å². The minimum atomic E-state index is 0.848. The van der Waals surface area contributed by atoms with Gasteiger partial charge < -0.3 is 0 Å². The van der Waals surface area contributed by atoms with Crippen molar-refractivity contribution >= 4 is 16.6 Å². The molecule has 0 aliphatic carbocycles. The average Bonchev–Trinajstić information content (AvgIpc) is 2.91. The van der Waals surface area contributed by atoms with Crippen LogP contribution in [0.3, 0.4) is 0 Å². The van der Waals surface area contributed by atoms with Gasteiger partial charge in [-0.1, -0.05) is 18.2 Å². The summed E-state index contributed by atoms with van der Waals surface area (Å²) in [5.74, 6) is 0. The Balaban J connectivity index is 1.98. The van der Waals surface area contributed by atoms with E-state index >= 15 is 0 Å². The van der Waals surface area contributed by atoms with Gasteiger partial charge in [0.05, 0.1) is 11.7 Å². The molecule has 3 aromatic heterocycles. The molecular weight excluding hydrogens is 248 g/mol. The van der Waals surface area contributed by atoms with Crippen LogP contribution >= 0.6 is 0 Å². The zero-order valence-electron chi connectivity index (χ0n) is 11.0. The lowest BCUT2D eigenvalue weighted by Crippen LogP contribution is -1.89. The molecule has 0 amide bonds. The largest absolute Gasteiger partial charge is 0.255 e. The molecule has 4 heteroatoms. The molecule has 96 valence electrons. The first-order valence-electron chi connectivity index (χ1n) is 6.47. The first kappa shape index (κ1) is 11.1. The van der Waals surface area contributed by atoms with E-state index in [0.717, 1.165) is 27.7 Å². The number of benzene rings is 1. The van der Waals surface area contributed by atoms with E-state index in [1.165, 1.54) is 5.56 Å². The highest BCUT2D eigenvalue weighted by Gasteiger charge is 2.09. The molecule has 0 saturated carbocycles. The Labute approximate surface area is 115 Å². The van der Waals surface area contributed by atoms with Crippen LogP contribution in [0.1, 0.15) is 5.56 Å². The lowest BCUT2D eigenvalue weighted by Gasteiger charge is -2.03. The Kier molecular flexibility index (Phi) is 2.29. The molecule has 0 unspecified atom stereocenters. The fraction of sp³-hybridized carbons (Fsp3) is 0.0625. The fourth-order valence-electron chi connectivity index (χ4n) is 2.49. The summed E-state index contributed by atoms with van der Waals surface area (Å²) < 4.78 is 1.77. The van der Waals surface area contributed by atoms with Gasteiger partial charge in [0.1, 0.15) is 0 Å². The van der Waals surface area contributed by atoms with Crippen LogP contribution in [0.2, 0.25) is 0 Å². The normalized spacial score (nSPS) is 11.2. The van der Waals surface area contributed by atoms with Gasteiger partial charge in [-0.3, -0.25) is 4.98 Å². The van der Waals surface area contributed by atoms with Crippen molar-refractivity contribution in [1.29, 1.82) is 0 Å². The van der Waals surface area contributed by atoms with Crippen LogP contribution in [0.5, 0.6) is 0 Å². The maximum absolute atomic E-state index is 4.58. The van der Waals surface area contributed by atoms with Crippen LogP contribution in [-0.2, 0) is 0 Å². The van der Waals surface area contributed by atoms with Crippen molar-refractivity contribution in [2.24, 2.45) is 0 Å². The summed E-state index contributed by atoms with van der Waals surface area (Å²) in [5.41, 5.74) is 5.12. The summed E-state index contributed by atoms with van der Waals surface area (Å²) in [6.07, 6.45) is 7.39. The predicted molar refractivity (Wildman–Crippen MR) is 78.5 cm³/mol. The van der Waals surface area contributed by atoms with Crippen LogP contribution in [-0.4, -0.2) is 19.6 Å². The van der Waals surface area contributed by atoms with Gasteiger partial charge in [0.25, 0.3) is 0 Å². The molecule has 20 heavy (non-hydrogen) atoms. The van der Waals surface area contributed by atoms with E-state index in [2.05, 4.69) is 46.3 Å². The van der Waals surface area contributed by atoms with E-state index in [0.29, 0.717) is 0 Å². The second-order valence-electron chi connectivity index (χ2n) is 4.82. The lowest BCUT2D eigenvalue weighted by molar-refractivity contribution is 0.939. The highest BCUT2D eigenvalue weighted by molar-refractivity contribution is 5.88. The molecule has 4 rings (SSSR count).